The third-order valence-corrected chi connectivity index (χ3v) is 3.79. The predicted molar refractivity (Wildman–Crippen MR) is 90.8 cm³/mol. The Labute approximate surface area is 132 Å². The van der Waals surface area contributed by atoms with Gasteiger partial charge >= 0.3 is 0 Å². The molecule has 2 N–H and O–H groups in total. The molecule has 2 rings (SSSR count). The van der Waals surface area contributed by atoms with Crippen molar-refractivity contribution in [2.45, 2.75) is 13.0 Å². The normalized spacial score (nSPS) is 11.8. The first kappa shape index (κ1) is 16.2. The number of anilines is 1. The highest BCUT2D eigenvalue weighted by Crippen LogP contribution is 2.31. The summed E-state index contributed by atoms with van der Waals surface area (Å²) < 4.78 is 10.7. The molecular formula is C18H24N2O2. The molecule has 0 aromatic heterocycles. The number of hydrogen-bond donors (Lipinski definition) is 1. The van der Waals surface area contributed by atoms with Gasteiger partial charge in [0.2, 0.25) is 0 Å². The number of ether oxygens (including phenoxy) is 2. The molecule has 1 unspecified atom stereocenters. The average Bonchev–Trinajstić information content (AvgIpc) is 2.59. The minimum atomic E-state index is 0.0661. The largest absolute Gasteiger partial charge is 0.497 e. The quantitative estimate of drug-likeness (QED) is 0.853. The van der Waals surface area contributed by atoms with Gasteiger partial charge in [0, 0.05) is 24.8 Å². The molecule has 0 heterocycles. The number of nitrogens with two attached hydrogens (primary N) is 1. The van der Waals surface area contributed by atoms with Crippen LogP contribution in [0.25, 0.3) is 0 Å². The van der Waals surface area contributed by atoms with Crippen LogP contribution in [-0.2, 0) is 0 Å². The standard InChI is InChI=1S/C18H24N2O2/c1-4-20(15-8-6-5-7-9-15)18(13-19)14-10-16(21-2)12-17(11-14)22-3/h5-12,18H,4,13,19H2,1-3H3. The number of nitrogens with zero attached hydrogens (tertiary/aromatic N) is 1. The van der Waals surface area contributed by atoms with Crippen LogP contribution in [0.2, 0.25) is 0 Å². The van der Waals surface area contributed by atoms with Crippen LogP contribution in [0, 0.1) is 0 Å². The summed E-state index contributed by atoms with van der Waals surface area (Å²) in [5.41, 5.74) is 8.32. The molecule has 0 amide bonds. The van der Waals surface area contributed by atoms with Gasteiger partial charge < -0.3 is 20.1 Å². The summed E-state index contributed by atoms with van der Waals surface area (Å²) in [5.74, 6) is 1.55. The Morgan fingerprint density at radius 1 is 1.00 bits per heavy atom. The van der Waals surface area contributed by atoms with E-state index in [1.807, 2.05) is 36.4 Å². The first-order valence-corrected chi connectivity index (χ1v) is 7.48. The fourth-order valence-electron chi connectivity index (χ4n) is 2.67. The lowest BCUT2D eigenvalue weighted by Gasteiger charge is -2.32. The summed E-state index contributed by atoms with van der Waals surface area (Å²) in [4.78, 5) is 2.29. The van der Waals surface area contributed by atoms with Crippen LogP contribution in [0.3, 0.4) is 0 Å². The average molecular weight is 300 g/mol. The van der Waals surface area contributed by atoms with Crippen molar-refractivity contribution in [3.05, 3.63) is 54.1 Å². The van der Waals surface area contributed by atoms with Gasteiger partial charge in [0.25, 0.3) is 0 Å². The maximum atomic E-state index is 6.08. The smallest absolute Gasteiger partial charge is 0.122 e. The molecule has 2 aromatic rings. The molecule has 4 heteroatoms. The summed E-state index contributed by atoms with van der Waals surface area (Å²) in [5, 5.41) is 0. The van der Waals surface area contributed by atoms with Crippen LogP contribution >= 0.6 is 0 Å². The lowest BCUT2D eigenvalue weighted by molar-refractivity contribution is 0.392. The number of rotatable bonds is 7. The van der Waals surface area contributed by atoms with E-state index in [4.69, 9.17) is 15.2 Å². The molecule has 0 bridgehead atoms. The fourth-order valence-corrected chi connectivity index (χ4v) is 2.67. The van der Waals surface area contributed by atoms with Crippen molar-refractivity contribution in [3.63, 3.8) is 0 Å². The van der Waals surface area contributed by atoms with E-state index in [0.717, 1.165) is 29.3 Å². The van der Waals surface area contributed by atoms with Crippen LogP contribution < -0.4 is 20.1 Å². The molecule has 0 aliphatic rings. The summed E-state index contributed by atoms with van der Waals surface area (Å²) in [6.07, 6.45) is 0. The number of hydrogen-bond acceptors (Lipinski definition) is 4. The molecule has 0 aliphatic heterocycles. The zero-order valence-corrected chi connectivity index (χ0v) is 13.5. The van der Waals surface area contributed by atoms with Crippen molar-refractivity contribution >= 4 is 5.69 Å². The van der Waals surface area contributed by atoms with E-state index < -0.39 is 0 Å². The number of benzene rings is 2. The van der Waals surface area contributed by atoms with Crippen molar-refractivity contribution < 1.29 is 9.47 Å². The van der Waals surface area contributed by atoms with Gasteiger partial charge in [-0.15, -0.1) is 0 Å². The second-order valence-corrected chi connectivity index (χ2v) is 5.02. The van der Waals surface area contributed by atoms with Gasteiger partial charge in [-0.2, -0.15) is 0 Å². The van der Waals surface area contributed by atoms with E-state index in [-0.39, 0.29) is 6.04 Å². The van der Waals surface area contributed by atoms with Gasteiger partial charge in [0.1, 0.15) is 11.5 Å². The van der Waals surface area contributed by atoms with Gasteiger partial charge in [-0.1, -0.05) is 18.2 Å². The second-order valence-electron chi connectivity index (χ2n) is 5.02. The lowest BCUT2D eigenvalue weighted by atomic mass is 10.0. The van der Waals surface area contributed by atoms with Gasteiger partial charge in [-0.25, -0.2) is 0 Å². The molecule has 22 heavy (non-hydrogen) atoms. The van der Waals surface area contributed by atoms with E-state index >= 15 is 0 Å². The van der Waals surface area contributed by atoms with Crippen LogP contribution in [0.1, 0.15) is 18.5 Å². The highest BCUT2D eigenvalue weighted by Gasteiger charge is 2.19. The monoisotopic (exact) mass is 300 g/mol. The minimum absolute atomic E-state index is 0.0661. The number of para-hydroxylation sites is 1. The van der Waals surface area contributed by atoms with Crippen LogP contribution in [-0.4, -0.2) is 27.3 Å². The van der Waals surface area contributed by atoms with Crippen LogP contribution in [0.15, 0.2) is 48.5 Å². The highest BCUT2D eigenvalue weighted by atomic mass is 16.5. The second kappa shape index (κ2) is 7.71. The van der Waals surface area contributed by atoms with Gasteiger partial charge in [-0.05, 0) is 36.8 Å². The predicted octanol–water partition coefficient (Wildman–Crippen LogP) is 3.23. The maximum Gasteiger partial charge on any atom is 0.122 e. The van der Waals surface area contributed by atoms with Crippen LogP contribution in [0.5, 0.6) is 11.5 Å². The Morgan fingerprint density at radius 3 is 2.05 bits per heavy atom. The molecule has 4 nitrogen and oxygen atoms in total. The molecule has 0 spiro atoms. The van der Waals surface area contributed by atoms with Crippen molar-refractivity contribution in [1.82, 2.24) is 0 Å². The summed E-state index contributed by atoms with van der Waals surface area (Å²) >= 11 is 0. The Hall–Kier alpha value is -2.20. The van der Waals surface area contributed by atoms with E-state index in [9.17, 15) is 0 Å². The van der Waals surface area contributed by atoms with E-state index in [1.165, 1.54) is 0 Å². The highest BCUT2D eigenvalue weighted by molar-refractivity contribution is 5.50. The van der Waals surface area contributed by atoms with Crippen molar-refractivity contribution in [2.75, 3.05) is 32.2 Å². The molecule has 2 aromatic carbocycles. The Kier molecular flexibility index (Phi) is 5.67. The lowest BCUT2D eigenvalue weighted by Crippen LogP contribution is -2.33. The van der Waals surface area contributed by atoms with Gasteiger partial charge in [-0.3, -0.25) is 0 Å². The summed E-state index contributed by atoms with van der Waals surface area (Å²) in [6, 6.07) is 16.3. The van der Waals surface area contributed by atoms with Crippen LogP contribution in [0.4, 0.5) is 5.69 Å². The number of likely N-dealkylation sites (N-methyl/N-ethyl adjacent to an activating group) is 1. The first-order valence-electron chi connectivity index (χ1n) is 7.48. The molecule has 1 atom stereocenters. The minimum Gasteiger partial charge on any atom is -0.497 e. The maximum absolute atomic E-state index is 6.08. The summed E-state index contributed by atoms with van der Waals surface area (Å²) in [6.45, 7) is 3.51. The van der Waals surface area contributed by atoms with E-state index in [1.54, 1.807) is 14.2 Å². The van der Waals surface area contributed by atoms with E-state index in [0.29, 0.717) is 6.54 Å². The zero-order chi connectivity index (χ0) is 15.9. The van der Waals surface area contributed by atoms with Crippen molar-refractivity contribution in [3.8, 4) is 11.5 Å². The summed E-state index contributed by atoms with van der Waals surface area (Å²) in [7, 11) is 3.32. The Balaban J connectivity index is 2.42. The zero-order valence-electron chi connectivity index (χ0n) is 13.5. The molecule has 0 aliphatic carbocycles. The Bertz CT molecular complexity index is 565. The van der Waals surface area contributed by atoms with E-state index in [2.05, 4.69) is 24.0 Å². The van der Waals surface area contributed by atoms with Gasteiger partial charge in [0.15, 0.2) is 0 Å². The fraction of sp³-hybridized carbons (Fsp3) is 0.333. The Morgan fingerprint density at radius 2 is 1.59 bits per heavy atom. The molecule has 118 valence electrons. The molecular weight excluding hydrogens is 276 g/mol. The molecule has 0 radical (unpaired) electrons. The third-order valence-electron chi connectivity index (χ3n) is 3.79. The van der Waals surface area contributed by atoms with Gasteiger partial charge in [0.05, 0.1) is 20.3 Å². The SMILES string of the molecule is CCN(c1ccccc1)C(CN)c1cc(OC)cc(OC)c1. The topological polar surface area (TPSA) is 47.7 Å². The first-order chi connectivity index (χ1) is 10.7. The van der Waals surface area contributed by atoms with Crippen molar-refractivity contribution in [2.24, 2.45) is 5.73 Å². The number of methoxy groups -OCH3 is 2. The van der Waals surface area contributed by atoms with Crippen molar-refractivity contribution in [1.29, 1.82) is 0 Å². The third kappa shape index (κ3) is 3.52. The molecule has 0 saturated heterocycles. The molecule has 0 fully saturated rings. The molecule has 0 saturated carbocycles.